The zero-order valence-corrected chi connectivity index (χ0v) is 12.0. The van der Waals surface area contributed by atoms with Gasteiger partial charge in [0.15, 0.2) is 5.65 Å². The molecule has 110 valence electrons. The maximum absolute atomic E-state index is 7.37. The van der Waals surface area contributed by atoms with Gasteiger partial charge in [0.1, 0.15) is 17.4 Å². The predicted molar refractivity (Wildman–Crippen MR) is 86.2 cm³/mol. The molecule has 2 heterocycles. The van der Waals surface area contributed by atoms with Crippen molar-refractivity contribution >= 4 is 22.7 Å². The van der Waals surface area contributed by atoms with Gasteiger partial charge in [-0.25, -0.2) is 4.98 Å². The third-order valence-corrected chi connectivity index (χ3v) is 3.27. The first-order valence-electron chi connectivity index (χ1n) is 6.69. The van der Waals surface area contributed by atoms with Gasteiger partial charge in [-0.1, -0.05) is 0 Å². The normalized spacial score (nSPS) is 10.6. The first-order chi connectivity index (χ1) is 10.5. The number of pyridine rings is 2. The average molecular weight is 293 g/mol. The summed E-state index contributed by atoms with van der Waals surface area (Å²) in [4.78, 5) is 8.59. The third-order valence-electron chi connectivity index (χ3n) is 3.27. The average Bonchev–Trinajstić information content (AvgIpc) is 2.47. The van der Waals surface area contributed by atoms with E-state index in [1.165, 1.54) is 0 Å². The van der Waals surface area contributed by atoms with E-state index in [0.29, 0.717) is 28.7 Å². The van der Waals surface area contributed by atoms with Crippen molar-refractivity contribution in [3.05, 3.63) is 53.6 Å². The first kappa shape index (κ1) is 13.8. The summed E-state index contributed by atoms with van der Waals surface area (Å²) in [5, 5.41) is 8.31. The number of fused-ring (bicyclic) bond motifs is 1. The van der Waals surface area contributed by atoms with E-state index in [1.807, 2.05) is 19.1 Å². The highest BCUT2D eigenvalue weighted by Gasteiger charge is 2.07. The number of hydrogen-bond donors (Lipinski definition) is 3. The molecule has 0 aliphatic heterocycles. The summed E-state index contributed by atoms with van der Waals surface area (Å²) in [5.41, 5.74) is 13.3. The minimum atomic E-state index is 0.0194. The number of rotatable bonds is 3. The van der Waals surface area contributed by atoms with Gasteiger partial charge in [0.25, 0.3) is 0 Å². The highest BCUT2D eigenvalue weighted by molar-refractivity contribution is 5.95. The van der Waals surface area contributed by atoms with Gasteiger partial charge in [0, 0.05) is 17.0 Å². The van der Waals surface area contributed by atoms with Crippen LogP contribution in [0, 0.1) is 12.3 Å². The number of amidine groups is 1. The number of nitrogen functional groups attached to an aromatic ring is 2. The molecule has 0 aliphatic rings. The van der Waals surface area contributed by atoms with Gasteiger partial charge in [-0.05, 0) is 48.9 Å². The summed E-state index contributed by atoms with van der Waals surface area (Å²) in [6, 6.07) is 12.4. The molecule has 3 aromatic rings. The highest BCUT2D eigenvalue weighted by Crippen LogP contribution is 2.25. The van der Waals surface area contributed by atoms with E-state index in [-0.39, 0.29) is 5.84 Å². The SMILES string of the molecule is Cc1cc(Oc2ccc(C(=N)N)cc2)nc2nc(N)ccc12. The molecule has 0 aliphatic carbocycles. The summed E-state index contributed by atoms with van der Waals surface area (Å²) in [5.74, 6) is 1.49. The lowest BCUT2D eigenvalue weighted by Crippen LogP contribution is -2.10. The molecule has 0 bridgehead atoms. The van der Waals surface area contributed by atoms with Gasteiger partial charge in [-0.2, -0.15) is 4.98 Å². The van der Waals surface area contributed by atoms with E-state index in [0.717, 1.165) is 10.9 Å². The van der Waals surface area contributed by atoms with Crippen LogP contribution in [0.2, 0.25) is 0 Å². The van der Waals surface area contributed by atoms with Crippen LogP contribution in [0.1, 0.15) is 11.1 Å². The van der Waals surface area contributed by atoms with Gasteiger partial charge in [0.2, 0.25) is 5.88 Å². The molecule has 0 radical (unpaired) electrons. The van der Waals surface area contributed by atoms with Crippen molar-refractivity contribution in [3.63, 3.8) is 0 Å². The zero-order chi connectivity index (χ0) is 15.7. The standard InChI is InChI=1S/C16H15N5O/c1-9-8-14(21-16-12(9)6-7-13(17)20-16)22-11-4-2-10(3-5-11)15(18)19/h2-8H,1H3,(H3,18,19)(H2,17,20,21). The van der Waals surface area contributed by atoms with Gasteiger partial charge in [-0.15, -0.1) is 0 Å². The lowest BCUT2D eigenvalue weighted by Gasteiger charge is -2.08. The van der Waals surface area contributed by atoms with Crippen molar-refractivity contribution in [1.29, 1.82) is 5.41 Å². The number of aromatic nitrogens is 2. The zero-order valence-electron chi connectivity index (χ0n) is 12.0. The Bertz CT molecular complexity index is 858. The molecule has 0 saturated heterocycles. The van der Waals surface area contributed by atoms with E-state index in [4.69, 9.17) is 21.6 Å². The fraction of sp³-hybridized carbons (Fsp3) is 0.0625. The highest BCUT2D eigenvalue weighted by atomic mass is 16.5. The molecular formula is C16H15N5O. The number of anilines is 1. The Morgan fingerprint density at radius 1 is 1.09 bits per heavy atom. The monoisotopic (exact) mass is 293 g/mol. The molecule has 0 amide bonds. The summed E-state index contributed by atoms with van der Waals surface area (Å²) in [7, 11) is 0. The molecule has 6 heteroatoms. The predicted octanol–water partition coefficient (Wildman–Crippen LogP) is 2.60. The van der Waals surface area contributed by atoms with Crippen LogP contribution >= 0.6 is 0 Å². The van der Waals surface area contributed by atoms with Gasteiger partial charge in [-0.3, -0.25) is 5.41 Å². The van der Waals surface area contributed by atoms with E-state index in [2.05, 4.69) is 9.97 Å². The minimum Gasteiger partial charge on any atom is -0.439 e. The second-order valence-corrected chi connectivity index (χ2v) is 4.92. The van der Waals surface area contributed by atoms with Crippen LogP contribution in [-0.2, 0) is 0 Å². The Hall–Kier alpha value is -3.15. The van der Waals surface area contributed by atoms with Crippen molar-refractivity contribution in [2.24, 2.45) is 5.73 Å². The second kappa shape index (κ2) is 5.33. The molecule has 0 unspecified atom stereocenters. The quantitative estimate of drug-likeness (QED) is 0.507. The van der Waals surface area contributed by atoms with Crippen LogP contribution in [0.5, 0.6) is 11.6 Å². The van der Waals surface area contributed by atoms with E-state index < -0.39 is 0 Å². The summed E-state index contributed by atoms with van der Waals surface area (Å²) < 4.78 is 5.74. The Kier molecular flexibility index (Phi) is 3.34. The lowest BCUT2D eigenvalue weighted by atomic mass is 10.2. The van der Waals surface area contributed by atoms with Crippen molar-refractivity contribution in [3.8, 4) is 11.6 Å². The van der Waals surface area contributed by atoms with E-state index in [1.54, 1.807) is 30.3 Å². The van der Waals surface area contributed by atoms with Crippen molar-refractivity contribution in [2.45, 2.75) is 6.92 Å². The molecule has 2 aromatic heterocycles. The smallest absolute Gasteiger partial charge is 0.221 e. The van der Waals surface area contributed by atoms with Crippen LogP contribution < -0.4 is 16.2 Å². The number of hydrogen-bond acceptors (Lipinski definition) is 5. The van der Waals surface area contributed by atoms with E-state index >= 15 is 0 Å². The maximum Gasteiger partial charge on any atom is 0.221 e. The molecule has 0 fully saturated rings. The van der Waals surface area contributed by atoms with Gasteiger partial charge < -0.3 is 16.2 Å². The molecule has 3 rings (SSSR count). The fourth-order valence-electron chi connectivity index (χ4n) is 2.13. The Morgan fingerprint density at radius 2 is 1.82 bits per heavy atom. The first-order valence-corrected chi connectivity index (χ1v) is 6.69. The van der Waals surface area contributed by atoms with Crippen LogP contribution in [0.3, 0.4) is 0 Å². The maximum atomic E-state index is 7.37. The summed E-state index contributed by atoms with van der Waals surface area (Å²) >= 11 is 0. The molecule has 6 nitrogen and oxygen atoms in total. The van der Waals surface area contributed by atoms with Gasteiger partial charge in [0.05, 0.1) is 0 Å². The Labute approximate surface area is 127 Å². The van der Waals surface area contributed by atoms with Crippen LogP contribution in [0.25, 0.3) is 11.0 Å². The van der Waals surface area contributed by atoms with Crippen molar-refractivity contribution in [1.82, 2.24) is 9.97 Å². The molecular weight excluding hydrogens is 278 g/mol. The topological polar surface area (TPSA) is 111 Å². The second-order valence-electron chi connectivity index (χ2n) is 4.92. The van der Waals surface area contributed by atoms with E-state index in [9.17, 15) is 0 Å². The number of nitrogens with zero attached hydrogens (tertiary/aromatic N) is 2. The molecule has 0 saturated carbocycles. The third kappa shape index (κ3) is 2.67. The molecule has 0 spiro atoms. The van der Waals surface area contributed by atoms with Crippen LogP contribution in [0.4, 0.5) is 5.82 Å². The fourth-order valence-corrected chi connectivity index (χ4v) is 2.13. The van der Waals surface area contributed by atoms with Crippen molar-refractivity contribution < 1.29 is 4.74 Å². The molecule has 22 heavy (non-hydrogen) atoms. The largest absolute Gasteiger partial charge is 0.439 e. The number of nitrogens with two attached hydrogens (primary N) is 2. The molecule has 5 N–H and O–H groups in total. The number of aryl methyl sites for hydroxylation is 1. The minimum absolute atomic E-state index is 0.0194. The van der Waals surface area contributed by atoms with Crippen LogP contribution in [-0.4, -0.2) is 15.8 Å². The molecule has 0 atom stereocenters. The molecule has 1 aromatic carbocycles. The summed E-state index contributed by atoms with van der Waals surface area (Å²) in [6.07, 6.45) is 0. The van der Waals surface area contributed by atoms with Crippen LogP contribution in [0.15, 0.2) is 42.5 Å². The lowest BCUT2D eigenvalue weighted by molar-refractivity contribution is 0.464. The number of ether oxygens (including phenoxy) is 1. The Balaban J connectivity index is 1.94. The van der Waals surface area contributed by atoms with Crippen molar-refractivity contribution in [2.75, 3.05) is 5.73 Å². The number of nitrogens with one attached hydrogen (secondary N) is 1. The Morgan fingerprint density at radius 3 is 2.50 bits per heavy atom. The van der Waals surface area contributed by atoms with Gasteiger partial charge >= 0.3 is 0 Å². The number of benzene rings is 1. The summed E-state index contributed by atoms with van der Waals surface area (Å²) in [6.45, 7) is 1.97.